The van der Waals surface area contributed by atoms with Crippen molar-refractivity contribution in [3.05, 3.63) is 11.3 Å². The molecule has 0 aliphatic heterocycles. The highest BCUT2D eigenvalue weighted by Gasteiger charge is 2.54. The zero-order valence-electron chi connectivity index (χ0n) is 12.5. The van der Waals surface area contributed by atoms with E-state index in [4.69, 9.17) is 0 Å². The Morgan fingerprint density at radius 2 is 1.82 bits per heavy atom. The molecule has 1 aromatic heterocycles. The van der Waals surface area contributed by atoms with Crippen molar-refractivity contribution in [2.24, 2.45) is 13.0 Å². The molecule has 1 heterocycles. The molecule has 0 saturated heterocycles. The first-order chi connectivity index (χ1) is 10.1. The van der Waals surface area contributed by atoms with Gasteiger partial charge >= 0.3 is 6.18 Å². The summed E-state index contributed by atoms with van der Waals surface area (Å²) in [5.74, 6) is -1.66. The molecule has 0 radical (unpaired) electrons. The van der Waals surface area contributed by atoms with Crippen molar-refractivity contribution in [3.63, 3.8) is 0 Å². The maximum Gasteiger partial charge on any atom is 0.435 e. The van der Waals surface area contributed by atoms with Crippen LogP contribution in [0.15, 0.2) is 0 Å². The summed E-state index contributed by atoms with van der Waals surface area (Å²) in [5.41, 5.74) is -1.84. The van der Waals surface area contributed by atoms with Gasteiger partial charge in [0, 0.05) is 13.0 Å². The van der Waals surface area contributed by atoms with Crippen molar-refractivity contribution in [3.8, 4) is 5.88 Å². The molecule has 22 heavy (non-hydrogen) atoms. The third-order valence-corrected chi connectivity index (χ3v) is 3.89. The summed E-state index contributed by atoms with van der Waals surface area (Å²) in [7, 11) is 1.17. The lowest BCUT2D eigenvalue weighted by molar-refractivity contribution is -0.145. The van der Waals surface area contributed by atoms with Crippen LogP contribution in [-0.4, -0.2) is 49.9 Å². The third kappa shape index (κ3) is 2.80. The molecule has 1 aliphatic carbocycles. The van der Waals surface area contributed by atoms with Gasteiger partial charge in [-0.2, -0.15) is 18.3 Å². The SMILES string of the molecule is CC(C)CNC1C(O)C(c2c(C(F)(F)F)nn(C)c2O)C1O. The molecule has 1 saturated carbocycles. The number of aromatic hydroxyl groups is 1. The summed E-state index contributed by atoms with van der Waals surface area (Å²) in [4.78, 5) is 0. The Hall–Kier alpha value is -1.32. The number of halogens is 3. The molecule has 6 nitrogen and oxygen atoms in total. The van der Waals surface area contributed by atoms with E-state index in [1.54, 1.807) is 0 Å². The predicted molar refractivity (Wildman–Crippen MR) is 71.3 cm³/mol. The Morgan fingerprint density at radius 3 is 2.27 bits per heavy atom. The molecule has 4 N–H and O–H groups in total. The van der Waals surface area contributed by atoms with Crippen LogP contribution in [0.2, 0.25) is 0 Å². The topological polar surface area (TPSA) is 90.5 Å². The summed E-state index contributed by atoms with van der Waals surface area (Å²) in [6.07, 6.45) is -7.24. The van der Waals surface area contributed by atoms with Crippen LogP contribution in [0.1, 0.15) is 31.0 Å². The molecule has 126 valence electrons. The van der Waals surface area contributed by atoms with Crippen molar-refractivity contribution in [1.82, 2.24) is 15.1 Å². The van der Waals surface area contributed by atoms with Crippen LogP contribution >= 0.6 is 0 Å². The van der Waals surface area contributed by atoms with E-state index in [0.29, 0.717) is 11.2 Å². The minimum absolute atomic E-state index is 0.260. The predicted octanol–water partition coefficient (Wildman–Crippen LogP) is 0.578. The minimum atomic E-state index is -4.77. The molecule has 2 rings (SSSR count). The first kappa shape index (κ1) is 17.0. The number of nitrogens with one attached hydrogen (secondary N) is 1. The molecule has 2 atom stereocenters. The quantitative estimate of drug-likeness (QED) is 0.651. The lowest BCUT2D eigenvalue weighted by Gasteiger charge is -2.47. The van der Waals surface area contributed by atoms with E-state index in [9.17, 15) is 28.5 Å². The average Bonchev–Trinajstić information content (AvgIpc) is 2.67. The van der Waals surface area contributed by atoms with E-state index in [0.717, 1.165) is 0 Å². The highest BCUT2D eigenvalue weighted by Crippen LogP contribution is 2.46. The summed E-state index contributed by atoms with van der Waals surface area (Å²) >= 11 is 0. The van der Waals surface area contributed by atoms with Gasteiger partial charge in [-0.1, -0.05) is 13.8 Å². The zero-order valence-corrected chi connectivity index (χ0v) is 12.5. The molecule has 0 amide bonds. The second kappa shape index (κ2) is 5.71. The fraction of sp³-hybridized carbons (Fsp3) is 0.769. The number of aryl methyl sites for hydroxylation is 1. The number of alkyl halides is 3. The number of hydrogen-bond donors (Lipinski definition) is 4. The Kier molecular flexibility index (Phi) is 4.42. The van der Waals surface area contributed by atoms with Gasteiger partial charge in [0.05, 0.1) is 23.8 Å². The van der Waals surface area contributed by atoms with Gasteiger partial charge < -0.3 is 20.6 Å². The first-order valence-electron chi connectivity index (χ1n) is 6.98. The van der Waals surface area contributed by atoms with Crippen LogP contribution in [-0.2, 0) is 13.2 Å². The van der Waals surface area contributed by atoms with Gasteiger partial charge in [0.1, 0.15) is 0 Å². The van der Waals surface area contributed by atoms with Crippen molar-refractivity contribution >= 4 is 0 Å². The van der Waals surface area contributed by atoms with Crippen molar-refractivity contribution in [2.75, 3.05) is 6.54 Å². The molecule has 0 spiro atoms. The number of hydrogen-bond acceptors (Lipinski definition) is 5. The van der Waals surface area contributed by atoms with E-state index in [-0.39, 0.29) is 5.92 Å². The van der Waals surface area contributed by atoms with E-state index in [1.165, 1.54) is 7.05 Å². The maximum atomic E-state index is 13.0. The van der Waals surface area contributed by atoms with Crippen LogP contribution in [0, 0.1) is 5.92 Å². The second-order valence-corrected chi connectivity index (χ2v) is 6.04. The van der Waals surface area contributed by atoms with Crippen LogP contribution in [0.3, 0.4) is 0 Å². The smallest absolute Gasteiger partial charge is 0.435 e. The number of aliphatic hydroxyl groups excluding tert-OH is 2. The number of aromatic nitrogens is 2. The maximum absolute atomic E-state index is 13.0. The van der Waals surface area contributed by atoms with Gasteiger partial charge in [0.15, 0.2) is 5.69 Å². The molecule has 1 aromatic rings. The van der Waals surface area contributed by atoms with E-state index in [1.807, 2.05) is 13.8 Å². The van der Waals surface area contributed by atoms with Crippen LogP contribution in [0.5, 0.6) is 5.88 Å². The summed E-state index contributed by atoms with van der Waals surface area (Å²) < 4.78 is 39.7. The summed E-state index contributed by atoms with van der Waals surface area (Å²) in [6, 6.07) is -0.729. The van der Waals surface area contributed by atoms with Crippen LogP contribution in [0.25, 0.3) is 0 Å². The van der Waals surface area contributed by atoms with Crippen molar-refractivity contribution in [1.29, 1.82) is 0 Å². The van der Waals surface area contributed by atoms with Gasteiger partial charge in [-0.15, -0.1) is 0 Å². The fourth-order valence-corrected chi connectivity index (χ4v) is 2.71. The number of aliphatic hydroxyl groups is 2. The highest BCUT2D eigenvalue weighted by molar-refractivity contribution is 5.41. The van der Waals surface area contributed by atoms with Gasteiger partial charge in [-0.05, 0) is 12.5 Å². The molecule has 0 bridgehead atoms. The van der Waals surface area contributed by atoms with Gasteiger partial charge in [0.2, 0.25) is 5.88 Å². The second-order valence-electron chi connectivity index (χ2n) is 6.04. The molecule has 9 heteroatoms. The van der Waals surface area contributed by atoms with E-state index in [2.05, 4.69) is 10.4 Å². The Balaban J connectivity index is 2.27. The number of nitrogens with zero attached hydrogens (tertiary/aromatic N) is 2. The molecule has 0 aromatic carbocycles. The van der Waals surface area contributed by atoms with Gasteiger partial charge in [-0.25, -0.2) is 4.68 Å². The summed E-state index contributed by atoms with van der Waals surface area (Å²) in [6.45, 7) is 4.36. The van der Waals surface area contributed by atoms with Crippen LogP contribution in [0.4, 0.5) is 13.2 Å². The van der Waals surface area contributed by atoms with Gasteiger partial charge in [-0.3, -0.25) is 0 Å². The summed E-state index contributed by atoms with van der Waals surface area (Å²) in [5, 5.41) is 36.2. The van der Waals surface area contributed by atoms with Crippen molar-refractivity contribution in [2.45, 2.75) is 44.2 Å². The minimum Gasteiger partial charge on any atom is -0.493 e. The zero-order chi connectivity index (χ0) is 16.8. The fourth-order valence-electron chi connectivity index (χ4n) is 2.71. The van der Waals surface area contributed by atoms with E-state index < -0.39 is 47.5 Å². The van der Waals surface area contributed by atoms with Gasteiger partial charge in [0.25, 0.3) is 0 Å². The monoisotopic (exact) mass is 323 g/mol. The molecule has 2 unspecified atom stereocenters. The Bertz CT molecular complexity index is 535. The Morgan fingerprint density at radius 1 is 1.27 bits per heavy atom. The third-order valence-electron chi connectivity index (χ3n) is 3.89. The highest BCUT2D eigenvalue weighted by atomic mass is 19.4. The average molecular weight is 323 g/mol. The largest absolute Gasteiger partial charge is 0.493 e. The Labute approximate surface area is 125 Å². The van der Waals surface area contributed by atoms with E-state index >= 15 is 0 Å². The number of rotatable bonds is 4. The first-order valence-corrected chi connectivity index (χ1v) is 6.98. The molecular formula is C13H20F3N3O3. The molecular weight excluding hydrogens is 303 g/mol. The standard InChI is InChI=1S/C13H20F3N3O3/c1-5(2)4-17-8-9(20)6(10(8)21)7-11(13(14,15)16)18-19(3)12(7)22/h5-6,8-10,17,20-22H,4H2,1-3H3. The molecule has 1 aliphatic rings. The normalized spacial score (nSPS) is 29.0. The lowest BCUT2D eigenvalue weighted by Crippen LogP contribution is -2.65. The lowest BCUT2D eigenvalue weighted by atomic mass is 9.69. The van der Waals surface area contributed by atoms with Crippen LogP contribution < -0.4 is 5.32 Å². The van der Waals surface area contributed by atoms with Crippen molar-refractivity contribution < 1.29 is 28.5 Å². The molecule has 1 fully saturated rings.